The van der Waals surface area contributed by atoms with Crippen molar-refractivity contribution in [2.45, 2.75) is 25.8 Å². The molecule has 1 aromatic rings. The number of nitro benzene ring substituents is 1. The molecule has 6 nitrogen and oxygen atoms in total. The summed E-state index contributed by atoms with van der Waals surface area (Å²) in [7, 11) is 1.61. The first-order chi connectivity index (χ1) is 9.08. The van der Waals surface area contributed by atoms with Gasteiger partial charge in [0.25, 0.3) is 11.6 Å². The van der Waals surface area contributed by atoms with E-state index >= 15 is 0 Å². The number of nitrogens with zero attached hydrogens (tertiary/aromatic N) is 2. The molecule has 102 valence electrons. The molecule has 0 radical (unpaired) electrons. The molecule has 6 heteroatoms. The molecule has 19 heavy (non-hydrogen) atoms. The highest BCUT2D eigenvalue weighted by Gasteiger charge is 2.32. The minimum atomic E-state index is -0.460. The lowest BCUT2D eigenvalue weighted by Gasteiger charge is -2.20. The number of rotatable bonds is 5. The molecule has 1 aromatic carbocycles. The largest absolute Gasteiger partial charge is 0.383 e. The number of hydrogen-bond acceptors (Lipinski definition) is 4. The van der Waals surface area contributed by atoms with Crippen LogP contribution in [0, 0.1) is 10.1 Å². The van der Waals surface area contributed by atoms with Gasteiger partial charge in [0.05, 0.1) is 4.92 Å². The van der Waals surface area contributed by atoms with Crippen molar-refractivity contribution in [2.75, 3.05) is 18.9 Å². The van der Waals surface area contributed by atoms with Crippen LogP contribution in [0.5, 0.6) is 0 Å². The van der Waals surface area contributed by atoms with E-state index < -0.39 is 4.92 Å². The third-order valence-electron chi connectivity index (χ3n) is 3.30. The lowest BCUT2D eigenvalue weighted by molar-refractivity contribution is -0.383. The van der Waals surface area contributed by atoms with E-state index in [1.54, 1.807) is 13.1 Å². The summed E-state index contributed by atoms with van der Waals surface area (Å²) < 4.78 is 0. The average Bonchev–Trinajstić information content (AvgIpc) is 3.23. The predicted octanol–water partition coefficient (Wildman–Crippen LogP) is 2.26. The molecule has 2 rings (SSSR count). The van der Waals surface area contributed by atoms with Crippen LogP contribution in [0.2, 0.25) is 0 Å². The molecule has 1 N–H and O–H groups in total. The normalized spacial score (nSPS) is 14.0. The number of anilines is 1. The third-order valence-corrected chi connectivity index (χ3v) is 3.30. The van der Waals surface area contributed by atoms with Gasteiger partial charge in [-0.25, -0.2) is 0 Å². The Kier molecular flexibility index (Phi) is 3.69. The first kappa shape index (κ1) is 13.3. The molecule has 0 aliphatic heterocycles. The van der Waals surface area contributed by atoms with Crippen LogP contribution in [0.1, 0.15) is 30.1 Å². The van der Waals surface area contributed by atoms with Crippen LogP contribution in [-0.4, -0.2) is 35.4 Å². The van der Waals surface area contributed by atoms with E-state index in [-0.39, 0.29) is 11.6 Å². The fourth-order valence-electron chi connectivity index (χ4n) is 2.15. The molecular formula is C13H17N3O3. The van der Waals surface area contributed by atoms with Crippen LogP contribution in [0.4, 0.5) is 11.4 Å². The second kappa shape index (κ2) is 5.26. The Morgan fingerprint density at radius 1 is 1.53 bits per heavy atom. The maximum absolute atomic E-state index is 12.3. The van der Waals surface area contributed by atoms with E-state index in [0.29, 0.717) is 23.8 Å². The van der Waals surface area contributed by atoms with Crippen LogP contribution in [-0.2, 0) is 0 Å². The fourth-order valence-corrected chi connectivity index (χ4v) is 2.15. The first-order valence-electron chi connectivity index (χ1n) is 6.35. The molecule has 0 aromatic heterocycles. The van der Waals surface area contributed by atoms with E-state index in [1.807, 2.05) is 11.8 Å². The van der Waals surface area contributed by atoms with Crippen molar-refractivity contribution < 1.29 is 9.72 Å². The zero-order chi connectivity index (χ0) is 14.0. The molecule has 0 unspecified atom stereocenters. The monoisotopic (exact) mass is 263 g/mol. The summed E-state index contributed by atoms with van der Waals surface area (Å²) in [6, 6.07) is 4.78. The maximum Gasteiger partial charge on any atom is 0.292 e. The third kappa shape index (κ3) is 2.67. The molecule has 0 spiro atoms. The molecule has 1 aliphatic rings. The molecule has 0 bridgehead atoms. The number of hydrogen-bond donors (Lipinski definition) is 1. The SMILES string of the molecule is CCN(C(=O)c1ccc([N+](=O)[O-])c(NC)c1)C1CC1. The van der Waals surface area contributed by atoms with Gasteiger partial charge in [0.1, 0.15) is 5.69 Å². The second-order valence-corrected chi connectivity index (χ2v) is 4.56. The number of amides is 1. The number of carbonyl (C=O) groups excluding carboxylic acids is 1. The number of carbonyl (C=O) groups is 1. The van der Waals surface area contributed by atoms with Gasteiger partial charge in [0.15, 0.2) is 0 Å². The Morgan fingerprint density at radius 2 is 2.21 bits per heavy atom. The summed E-state index contributed by atoms with van der Waals surface area (Å²) in [4.78, 5) is 24.5. The Morgan fingerprint density at radius 3 is 2.68 bits per heavy atom. The van der Waals surface area contributed by atoms with Crippen molar-refractivity contribution in [3.8, 4) is 0 Å². The first-order valence-corrected chi connectivity index (χ1v) is 6.35. The van der Waals surface area contributed by atoms with Gasteiger partial charge in [-0.2, -0.15) is 0 Å². The number of nitrogens with one attached hydrogen (secondary N) is 1. The maximum atomic E-state index is 12.3. The Labute approximate surface area is 111 Å². The highest BCUT2D eigenvalue weighted by atomic mass is 16.6. The summed E-state index contributed by atoms with van der Waals surface area (Å²) in [6.45, 7) is 2.61. The Hall–Kier alpha value is -2.11. The Bertz CT molecular complexity index is 512. The topological polar surface area (TPSA) is 75.5 Å². The lowest BCUT2D eigenvalue weighted by atomic mass is 10.1. The van der Waals surface area contributed by atoms with Gasteiger partial charge < -0.3 is 10.2 Å². The molecule has 0 atom stereocenters. The van der Waals surface area contributed by atoms with Crippen LogP contribution < -0.4 is 5.32 Å². The molecule has 1 amide bonds. The van der Waals surface area contributed by atoms with Gasteiger partial charge in [0.2, 0.25) is 0 Å². The highest BCUT2D eigenvalue weighted by molar-refractivity contribution is 5.96. The van der Waals surface area contributed by atoms with Crippen LogP contribution in [0.15, 0.2) is 18.2 Å². The Balaban J connectivity index is 2.29. The molecule has 0 heterocycles. The zero-order valence-corrected chi connectivity index (χ0v) is 11.0. The van der Waals surface area contributed by atoms with E-state index in [1.165, 1.54) is 12.1 Å². The van der Waals surface area contributed by atoms with Gasteiger partial charge >= 0.3 is 0 Å². The van der Waals surface area contributed by atoms with Crippen LogP contribution in [0.25, 0.3) is 0 Å². The molecule has 1 saturated carbocycles. The standard InChI is InChI=1S/C13H17N3O3/c1-3-15(10-5-6-10)13(17)9-4-7-12(16(18)19)11(8-9)14-2/h4,7-8,10,14H,3,5-6H2,1-2H3. The van der Waals surface area contributed by atoms with Gasteiger partial charge in [-0.3, -0.25) is 14.9 Å². The van der Waals surface area contributed by atoms with Crippen LogP contribution in [0.3, 0.4) is 0 Å². The van der Waals surface area contributed by atoms with Gasteiger partial charge in [-0.05, 0) is 31.9 Å². The summed E-state index contributed by atoms with van der Waals surface area (Å²) in [5.74, 6) is -0.0589. The van der Waals surface area contributed by atoms with E-state index in [4.69, 9.17) is 0 Å². The number of benzene rings is 1. The summed E-state index contributed by atoms with van der Waals surface area (Å²) in [6.07, 6.45) is 2.09. The average molecular weight is 263 g/mol. The van der Waals surface area contributed by atoms with Crippen molar-refractivity contribution in [3.63, 3.8) is 0 Å². The fraction of sp³-hybridized carbons (Fsp3) is 0.462. The van der Waals surface area contributed by atoms with E-state index in [2.05, 4.69) is 5.32 Å². The zero-order valence-electron chi connectivity index (χ0n) is 11.0. The van der Waals surface area contributed by atoms with Gasteiger partial charge in [-0.15, -0.1) is 0 Å². The van der Waals surface area contributed by atoms with Gasteiger partial charge in [0, 0.05) is 31.3 Å². The highest BCUT2D eigenvalue weighted by Crippen LogP contribution is 2.30. The summed E-state index contributed by atoms with van der Waals surface area (Å²) in [5, 5.41) is 13.6. The second-order valence-electron chi connectivity index (χ2n) is 4.56. The van der Waals surface area contributed by atoms with E-state index in [9.17, 15) is 14.9 Å². The van der Waals surface area contributed by atoms with Crippen LogP contribution >= 0.6 is 0 Å². The quantitative estimate of drug-likeness (QED) is 0.653. The molecule has 0 saturated heterocycles. The minimum absolute atomic E-state index is 0.0199. The summed E-state index contributed by atoms with van der Waals surface area (Å²) >= 11 is 0. The minimum Gasteiger partial charge on any atom is -0.383 e. The molecule has 1 fully saturated rings. The summed E-state index contributed by atoms with van der Waals surface area (Å²) in [5.41, 5.74) is 0.833. The van der Waals surface area contributed by atoms with Crippen molar-refractivity contribution in [2.24, 2.45) is 0 Å². The van der Waals surface area contributed by atoms with Crippen molar-refractivity contribution in [1.29, 1.82) is 0 Å². The van der Waals surface area contributed by atoms with Crippen molar-refractivity contribution >= 4 is 17.3 Å². The number of nitro groups is 1. The van der Waals surface area contributed by atoms with E-state index in [0.717, 1.165) is 12.8 Å². The predicted molar refractivity (Wildman–Crippen MR) is 72.4 cm³/mol. The van der Waals surface area contributed by atoms with Crippen molar-refractivity contribution in [1.82, 2.24) is 4.90 Å². The van der Waals surface area contributed by atoms with Gasteiger partial charge in [-0.1, -0.05) is 0 Å². The molecule has 1 aliphatic carbocycles. The smallest absolute Gasteiger partial charge is 0.292 e. The lowest BCUT2D eigenvalue weighted by Crippen LogP contribution is -2.32. The van der Waals surface area contributed by atoms with Crippen molar-refractivity contribution in [3.05, 3.63) is 33.9 Å². The molecular weight excluding hydrogens is 246 g/mol.